The minimum absolute atomic E-state index is 0.0880. The molecule has 0 spiro atoms. The minimum atomic E-state index is -0.198. The molecule has 0 atom stereocenters. The second-order valence-corrected chi connectivity index (χ2v) is 10.0. The maximum absolute atomic E-state index is 13.5. The molecule has 6 nitrogen and oxygen atoms in total. The van der Waals surface area contributed by atoms with Gasteiger partial charge in [0.05, 0.1) is 12.2 Å². The van der Waals surface area contributed by atoms with Crippen molar-refractivity contribution in [1.82, 2.24) is 10.2 Å². The zero-order valence-electron chi connectivity index (χ0n) is 23.3. The lowest BCUT2D eigenvalue weighted by atomic mass is 10.1. The normalized spacial score (nSPS) is 13.9. The van der Waals surface area contributed by atoms with E-state index in [0.717, 1.165) is 55.7 Å². The minimum Gasteiger partial charge on any atom is -0.449 e. The van der Waals surface area contributed by atoms with E-state index in [4.69, 9.17) is 4.74 Å². The monoisotopic (exact) mass is 525 g/mol. The number of hydrogen-bond acceptors (Lipinski definition) is 4. The number of nitrogens with zero attached hydrogens (tertiary/aromatic N) is 2. The van der Waals surface area contributed by atoms with Crippen molar-refractivity contribution < 1.29 is 14.3 Å². The number of nitrogens with one attached hydrogen (secondary N) is 1. The first-order chi connectivity index (χ1) is 19.0. The SMILES string of the molecule is CCCN(CCC)CCCNC(=O)c1ccc(/C=C2/Oc3ccccc3N(Cc3ccc(C)cc3)C2=O)cc1. The van der Waals surface area contributed by atoms with E-state index in [-0.39, 0.29) is 17.6 Å². The van der Waals surface area contributed by atoms with Gasteiger partial charge in [-0.15, -0.1) is 0 Å². The molecule has 0 saturated heterocycles. The molecule has 0 aliphatic carbocycles. The highest BCUT2D eigenvalue weighted by molar-refractivity contribution is 6.09. The smallest absolute Gasteiger partial charge is 0.294 e. The molecule has 0 bridgehead atoms. The lowest BCUT2D eigenvalue weighted by molar-refractivity contribution is -0.117. The van der Waals surface area contributed by atoms with Crippen LogP contribution >= 0.6 is 0 Å². The van der Waals surface area contributed by atoms with Crippen LogP contribution in [0, 0.1) is 6.92 Å². The van der Waals surface area contributed by atoms with Gasteiger partial charge in [0.15, 0.2) is 11.5 Å². The van der Waals surface area contributed by atoms with E-state index in [1.807, 2.05) is 67.6 Å². The molecule has 1 aliphatic heterocycles. The van der Waals surface area contributed by atoms with E-state index < -0.39 is 0 Å². The van der Waals surface area contributed by atoms with Crippen molar-refractivity contribution in [3.63, 3.8) is 0 Å². The molecule has 0 unspecified atom stereocenters. The molecule has 1 aliphatic rings. The van der Waals surface area contributed by atoms with Gasteiger partial charge < -0.3 is 15.0 Å². The number of carbonyl (C=O) groups is 2. The van der Waals surface area contributed by atoms with Crippen molar-refractivity contribution in [1.29, 1.82) is 0 Å². The largest absolute Gasteiger partial charge is 0.449 e. The molecule has 6 heteroatoms. The summed E-state index contributed by atoms with van der Waals surface area (Å²) in [5, 5.41) is 3.02. The van der Waals surface area contributed by atoms with Crippen LogP contribution in [0.1, 0.15) is 60.2 Å². The summed E-state index contributed by atoms with van der Waals surface area (Å²) in [6.07, 6.45) is 4.94. The highest BCUT2D eigenvalue weighted by Crippen LogP contribution is 2.36. The molecule has 3 aromatic carbocycles. The van der Waals surface area contributed by atoms with Gasteiger partial charge in [0.1, 0.15) is 0 Å². The highest BCUT2D eigenvalue weighted by atomic mass is 16.5. The first-order valence-corrected chi connectivity index (χ1v) is 13.9. The number of anilines is 1. The maximum atomic E-state index is 13.5. The van der Waals surface area contributed by atoms with Crippen LogP contribution in [0.3, 0.4) is 0 Å². The van der Waals surface area contributed by atoms with Gasteiger partial charge in [-0.05, 0) is 87.3 Å². The van der Waals surface area contributed by atoms with Gasteiger partial charge in [0.2, 0.25) is 0 Å². The Morgan fingerprint density at radius 3 is 2.31 bits per heavy atom. The number of hydrogen-bond donors (Lipinski definition) is 1. The van der Waals surface area contributed by atoms with E-state index in [1.54, 1.807) is 23.1 Å². The molecule has 0 saturated carbocycles. The predicted octanol–water partition coefficient (Wildman–Crippen LogP) is 6.20. The second kappa shape index (κ2) is 13.8. The third-order valence-electron chi connectivity index (χ3n) is 6.78. The van der Waals surface area contributed by atoms with E-state index in [2.05, 4.69) is 24.1 Å². The number of rotatable bonds is 12. The fourth-order valence-electron chi connectivity index (χ4n) is 4.75. The Hall–Kier alpha value is -3.90. The number of para-hydroxylation sites is 2. The second-order valence-electron chi connectivity index (χ2n) is 10.0. The van der Waals surface area contributed by atoms with Crippen LogP contribution in [-0.4, -0.2) is 42.9 Å². The third-order valence-corrected chi connectivity index (χ3v) is 6.78. The van der Waals surface area contributed by atoms with Gasteiger partial charge in [-0.2, -0.15) is 0 Å². The average Bonchev–Trinajstić information content (AvgIpc) is 2.95. The summed E-state index contributed by atoms with van der Waals surface area (Å²) in [6, 6.07) is 23.0. The number of ether oxygens (including phenoxy) is 1. The molecule has 1 heterocycles. The van der Waals surface area contributed by atoms with Crippen molar-refractivity contribution in [2.45, 2.75) is 46.6 Å². The summed E-state index contributed by atoms with van der Waals surface area (Å²) in [4.78, 5) is 30.3. The molecular formula is C33H39N3O3. The van der Waals surface area contributed by atoms with Gasteiger partial charge in [0, 0.05) is 12.1 Å². The third kappa shape index (κ3) is 7.58. The Morgan fingerprint density at radius 2 is 1.62 bits per heavy atom. The van der Waals surface area contributed by atoms with Crippen molar-refractivity contribution in [3.05, 3.63) is 101 Å². The zero-order chi connectivity index (χ0) is 27.6. The molecule has 1 N–H and O–H groups in total. The molecule has 39 heavy (non-hydrogen) atoms. The summed E-state index contributed by atoms with van der Waals surface area (Å²) in [7, 11) is 0. The fraction of sp³-hybridized carbons (Fsp3) is 0.333. The number of amides is 2. The molecule has 204 valence electrons. The number of carbonyl (C=O) groups excluding carboxylic acids is 2. The van der Waals surface area contributed by atoms with Crippen LogP contribution in [0.25, 0.3) is 6.08 Å². The first kappa shape index (κ1) is 28.1. The fourth-order valence-corrected chi connectivity index (χ4v) is 4.75. The van der Waals surface area contributed by atoms with Crippen LogP contribution in [0.4, 0.5) is 5.69 Å². The quantitative estimate of drug-likeness (QED) is 0.226. The highest BCUT2D eigenvalue weighted by Gasteiger charge is 2.30. The summed E-state index contributed by atoms with van der Waals surface area (Å²) in [5.41, 5.74) is 4.36. The lowest BCUT2D eigenvalue weighted by Crippen LogP contribution is -2.36. The van der Waals surface area contributed by atoms with Crippen LogP contribution in [-0.2, 0) is 11.3 Å². The Kier molecular flexibility index (Phi) is 9.92. The standard InChI is InChI=1S/C33H39N3O3/c1-4-20-35(21-5-2)22-8-19-34-32(37)28-17-15-26(16-18-28)23-31-33(38)36(24-27-13-11-25(3)12-14-27)29-9-6-7-10-30(29)39-31/h6-7,9-18,23H,4-5,8,19-22,24H2,1-3H3,(H,34,37)/b31-23+. The van der Waals surface area contributed by atoms with E-state index in [1.165, 1.54) is 5.56 Å². The zero-order valence-corrected chi connectivity index (χ0v) is 23.3. The van der Waals surface area contributed by atoms with Gasteiger partial charge in [-0.25, -0.2) is 0 Å². The number of aryl methyl sites for hydroxylation is 1. The molecule has 0 fully saturated rings. The molecule has 4 rings (SSSR count). The van der Waals surface area contributed by atoms with E-state index in [9.17, 15) is 9.59 Å². The van der Waals surface area contributed by atoms with E-state index in [0.29, 0.717) is 24.4 Å². The predicted molar refractivity (Wildman–Crippen MR) is 158 cm³/mol. The lowest BCUT2D eigenvalue weighted by Gasteiger charge is -2.30. The van der Waals surface area contributed by atoms with Gasteiger partial charge in [0.25, 0.3) is 11.8 Å². The van der Waals surface area contributed by atoms with Gasteiger partial charge >= 0.3 is 0 Å². The molecule has 0 aromatic heterocycles. The van der Waals surface area contributed by atoms with Crippen LogP contribution in [0.15, 0.2) is 78.6 Å². The number of benzene rings is 3. The van der Waals surface area contributed by atoms with Crippen molar-refractivity contribution in [2.75, 3.05) is 31.1 Å². The summed E-state index contributed by atoms with van der Waals surface area (Å²) >= 11 is 0. The number of fused-ring (bicyclic) bond motifs is 1. The van der Waals surface area contributed by atoms with Crippen molar-refractivity contribution >= 4 is 23.6 Å². The topological polar surface area (TPSA) is 61.9 Å². The van der Waals surface area contributed by atoms with Crippen molar-refractivity contribution in [3.8, 4) is 5.75 Å². The first-order valence-electron chi connectivity index (χ1n) is 13.9. The maximum Gasteiger partial charge on any atom is 0.294 e. The molecule has 0 radical (unpaired) electrons. The average molecular weight is 526 g/mol. The summed E-state index contributed by atoms with van der Waals surface area (Å²) in [5.74, 6) is 0.607. The van der Waals surface area contributed by atoms with Crippen molar-refractivity contribution in [2.24, 2.45) is 0 Å². The van der Waals surface area contributed by atoms with E-state index >= 15 is 0 Å². The summed E-state index contributed by atoms with van der Waals surface area (Å²) < 4.78 is 6.02. The van der Waals surface area contributed by atoms with Gasteiger partial charge in [-0.3, -0.25) is 14.5 Å². The van der Waals surface area contributed by atoms with Crippen LogP contribution < -0.4 is 15.0 Å². The molecule has 3 aromatic rings. The Bertz CT molecular complexity index is 1280. The Morgan fingerprint density at radius 1 is 0.923 bits per heavy atom. The van der Waals surface area contributed by atoms with Crippen LogP contribution in [0.2, 0.25) is 0 Å². The Labute approximate surface area is 232 Å². The molecule has 2 amide bonds. The molecular weight excluding hydrogens is 486 g/mol. The van der Waals surface area contributed by atoms with Crippen LogP contribution in [0.5, 0.6) is 5.75 Å². The Balaban J connectivity index is 1.41. The summed E-state index contributed by atoms with van der Waals surface area (Å²) in [6.45, 7) is 10.7. The van der Waals surface area contributed by atoms with Gasteiger partial charge in [-0.1, -0.05) is 67.9 Å².